The number of nitrogens with zero attached hydrogens (tertiary/aromatic N) is 7. The summed E-state index contributed by atoms with van der Waals surface area (Å²) in [6.45, 7) is 8.85. The smallest absolute Gasteiger partial charge is 0.251 e. The summed E-state index contributed by atoms with van der Waals surface area (Å²) in [5, 5.41) is 13.2. The maximum absolute atomic E-state index is 14.8. The number of imidazole rings is 1. The molecule has 11 nitrogen and oxygen atoms in total. The highest BCUT2D eigenvalue weighted by atomic mass is 19.1. The van der Waals surface area contributed by atoms with Gasteiger partial charge in [-0.2, -0.15) is 0 Å². The van der Waals surface area contributed by atoms with Crippen molar-refractivity contribution >= 4 is 40.0 Å². The molecule has 5 aliphatic rings. The van der Waals surface area contributed by atoms with Gasteiger partial charge in [0.2, 0.25) is 5.91 Å². The summed E-state index contributed by atoms with van der Waals surface area (Å²) in [6, 6.07) is 10.5. The van der Waals surface area contributed by atoms with Gasteiger partial charge in [-0.15, -0.1) is 0 Å². The highest BCUT2D eigenvalue weighted by Crippen LogP contribution is 2.53. The van der Waals surface area contributed by atoms with Crippen molar-refractivity contribution in [3.05, 3.63) is 60.4 Å². The lowest BCUT2D eigenvalue weighted by molar-refractivity contribution is -0.142. The zero-order valence-electron chi connectivity index (χ0n) is 29.4. The van der Waals surface area contributed by atoms with Crippen LogP contribution in [-0.2, 0) is 15.0 Å². The number of pyridine rings is 2. The number of piperidine rings is 1. The number of fused-ring (bicyclic) bond motifs is 4. The topological polar surface area (TPSA) is 120 Å². The fourth-order valence-electron chi connectivity index (χ4n) is 9.42. The first-order valence-corrected chi connectivity index (χ1v) is 18.5. The van der Waals surface area contributed by atoms with Crippen molar-refractivity contribution in [2.45, 2.75) is 88.9 Å². The number of carbonyl (C=O) groups excluding carboxylic acids is 2. The number of aliphatic hydroxyl groups excluding tert-OH is 1. The van der Waals surface area contributed by atoms with E-state index in [0.29, 0.717) is 43.5 Å². The number of nitrogens with one attached hydrogen (secondary N) is 1. The van der Waals surface area contributed by atoms with Crippen molar-refractivity contribution in [3.63, 3.8) is 0 Å². The monoisotopic (exact) mass is 692 g/mol. The second-order valence-electron chi connectivity index (χ2n) is 15.8. The molecule has 2 saturated carbocycles. The molecule has 2 saturated heterocycles. The lowest BCUT2D eigenvalue weighted by Crippen LogP contribution is -2.58. The van der Waals surface area contributed by atoms with Crippen LogP contribution in [0.15, 0.2) is 49.1 Å². The number of likely N-dealkylation sites (tertiary alicyclic amines) is 2. The van der Waals surface area contributed by atoms with Gasteiger partial charge in [-0.25, -0.2) is 14.4 Å². The van der Waals surface area contributed by atoms with Gasteiger partial charge in [0.25, 0.3) is 5.91 Å². The maximum Gasteiger partial charge on any atom is 0.251 e. The van der Waals surface area contributed by atoms with E-state index in [1.807, 2.05) is 16.7 Å². The SMILES string of the molecule is CC(C)n1cnc2cc(-c3ccc4c(c3)N(C3CC(N5C[C@H]6CC[C@H]6C5)C3)C(=O)C43CCN(C(=O)[C@@H](C)O)CC3)nc(Nc3ccncc3F)c21. The van der Waals surface area contributed by atoms with Crippen LogP contribution < -0.4 is 10.2 Å². The standard InChI is InChI=1S/C39H45FN8O3/c1-22(2)47-21-42-33-17-32(44-36(35(33)47)43-31-8-11-41-18-30(31)40)24-6-7-29-34(14-24)48(28-15-27(16-28)46-19-25-4-5-26(25)20-46)38(51)39(29)9-12-45(13-10-39)37(50)23(3)49/h6-8,11,14,17-18,21-23,25-28,49H,4-5,9-10,12-13,15-16,19-20H2,1-3H3,(H,41,43,44)/t23-,25-,26+,27?,28?/m1/s1. The second kappa shape index (κ2) is 12.1. The zero-order valence-corrected chi connectivity index (χ0v) is 29.4. The molecule has 4 fully saturated rings. The van der Waals surface area contributed by atoms with Gasteiger partial charge >= 0.3 is 0 Å². The molecule has 1 spiro atoms. The minimum Gasteiger partial charge on any atom is -0.384 e. The van der Waals surface area contributed by atoms with Crippen molar-refractivity contribution in [2.75, 3.05) is 36.4 Å². The number of carbonyl (C=O) groups is 2. The van der Waals surface area contributed by atoms with Crippen LogP contribution in [-0.4, -0.2) is 90.6 Å². The van der Waals surface area contributed by atoms with Crippen molar-refractivity contribution in [1.82, 2.24) is 29.3 Å². The Bertz CT molecular complexity index is 2020. The third-order valence-electron chi connectivity index (χ3n) is 12.6. The quantitative estimate of drug-likeness (QED) is 0.264. The number of aliphatic hydroxyl groups is 1. The number of hydrogen-bond acceptors (Lipinski definition) is 8. The first-order chi connectivity index (χ1) is 24.6. The van der Waals surface area contributed by atoms with Gasteiger partial charge in [0.1, 0.15) is 11.6 Å². The second-order valence-corrected chi connectivity index (χ2v) is 15.8. The van der Waals surface area contributed by atoms with Crippen LogP contribution in [0.1, 0.15) is 70.9 Å². The van der Waals surface area contributed by atoms with E-state index in [2.05, 4.69) is 46.1 Å². The predicted molar refractivity (Wildman–Crippen MR) is 192 cm³/mol. The highest BCUT2D eigenvalue weighted by Gasteiger charge is 2.56. The number of aromatic nitrogens is 4. The molecule has 12 heteroatoms. The van der Waals surface area contributed by atoms with Gasteiger partial charge < -0.3 is 24.8 Å². The first-order valence-electron chi connectivity index (χ1n) is 18.5. The minimum atomic E-state index is -1.07. The molecule has 2 amide bonds. The third kappa shape index (κ3) is 5.16. The molecule has 0 radical (unpaired) electrons. The molecule has 4 aromatic rings. The van der Waals surface area contributed by atoms with Crippen LogP contribution in [0.4, 0.5) is 21.6 Å². The number of rotatable bonds is 7. The van der Waals surface area contributed by atoms with Gasteiger partial charge in [-0.1, -0.05) is 12.1 Å². The first kappa shape index (κ1) is 32.5. The Hall–Kier alpha value is -4.42. The zero-order chi connectivity index (χ0) is 35.2. The van der Waals surface area contributed by atoms with Gasteiger partial charge in [0.15, 0.2) is 11.6 Å². The predicted octanol–water partition coefficient (Wildman–Crippen LogP) is 5.42. The number of benzene rings is 1. The molecule has 0 bridgehead atoms. The van der Waals surface area contributed by atoms with Crippen LogP contribution in [0.3, 0.4) is 0 Å². The van der Waals surface area contributed by atoms with Crippen LogP contribution in [0, 0.1) is 17.7 Å². The Labute approximate surface area is 296 Å². The summed E-state index contributed by atoms with van der Waals surface area (Å²) in [6.07, 6.45) is 9.08. The normalized spacial score (nSPS) is 26.0. The molecular weight excluding hydrogens is 647 g/mol. The molecule has 51 heavy (non-hydrogen) atoms. The van der Waals surface area contributed by atoms with Crippen molar-refractivity contribution in [1.29, 1.82) is 0 Å². The minimum absolute atomic E-state index is 0.102. The Morgan fingerprint density at radius 1 is 1.04 bits per heavy atom. The van der Waals surface area contributed by atoms with Gasteiger partial charge in [0.05, 0.1) is 34.8 Å². The molecule has 6 heterocycles. The summed E-state index contributed by atoms with van der Waals surface area (Å²) in [7, 11) is 0. The van der Waals surface area contributed by atoms with E-state index in [9.17, 15) is 19.1 Å². The molecule has 2 aliphatic carbocycles. The van der Waals surface area contributed by atoms with Gasteiger partial charge in [-0.3, -0.25) is 19.5 Å². The van der Waals surface area contributed by atoms with E-state index < -0.39 is 17.3 Å². The largest absolute Gasteiger partial charge is 0.384 e. The lowest BCUT2D eigenvalue weighted by atomic mass is 9.73. The van der Waals surface area contributed by atoms with Crippen molar-refractivity contribution in [3.8, 4) is 11.3 Å². The maximum atomic E-state index is 14.8. The average molecular weight is 693 g/mol. The van der Waals surface area contributed by atoms with E-state index in [1.165, 1.54) is 45.2 Å². The highest BCUT2D eigenvalue weighted by molar-refractivity contribution is 6.09. The van der Waals surface area contributed by atoms with Gasteiger partial charge in [-0.05, 0) is 94.9 Å². The number of anilines is 3. The van der Waals surface area contributed by atoms with E-state index in [4.69, 9.17) is 9.97 Å². The summed E-state index contributed by atoms with van der Waals surface area (Å²) in [5.41, 5.74) is 4.49. The van der Waals surface area contributed by atoms with Crippen LogP contribution in [0.5, 0.6) is 0 Å². The fraction of sp³-hybridized carbons (Fsp3) is 0.513. The lowest BCUT2D eigenvalue weighted by Gasteiger charge is -2.46. The summed E-state index contributed by atoms with van der Waals surface area (Å²) < 4.78 is 16.8. The molecule has 2 N–H and O–H groups in total. The van der Waals surface area contributed by atoms with E-state index in [1.54, 1.807) is 17.3 Å². The Morgan fingerprint density at radius 2 is 1.78 bits per heavy atom. The molecular formula is C39H45FN8O3. The molecule has 1 aromatic carbocycles. The number of halogens is 1. The fourth-order valence-corrected chi connectivity index (χ4v) is 9.42. The molecule has 0 unspecified atom stereocenters. The molecule has 266 valence electrons. The molecule has 3 aromatic heterocycles. The summed E-state index contributed by atoms with van der Waals surface area (Å²) >= 11 is 0. The Balaban J connectivity index is 1.09. The number of hydrogen-bond donors (Lipinski definition) is 2. The molecule has 3 atom stereocenters. The van der Waals surface area contributed by atoms with E-state index in [-0.39, 0.29) is 29.6 Å². The van der Waals surface area contributed by atoms with Gasteiger partial charge in [0, 0.05) is 61.8 Å². The summed E-state index contributed by atoms with van der Waals surface area (Å²) in [4.78, 5) is 47.6. The van der Waals surface area contributed by atoms with Crippen LogP contribution in [0.25, 0.3) is 22.3 Å². The summed E-state index contributed by atoms with van der Waals surface area (Å²) in [5.74, 6) is 1.54. The number of amides is 2. The van der Waals surface area contributed by atoms with Crippen molar-refractivity contribution in [2.24, 2.45) is 11.8 Å². The van der Waals surface area contributed by atoms with Crippen LogP contribution in [0.2, 0.25) is 0 Å². The molecule has 9 rings (SSSR count). The Morgan fingerprint density at radius 3 is 2.45 bits per heavy atom. The van der Waals surface area contributed by atoms with Crippen LogP contribution >= 0.6 is 0 Å². The molecule has 3 aliphatic heterocycles. The average Bonchev–Trinajstić information content (AvgIpc) is 3.73. The van der Waals surface area contributed by atoms with Crippen molar-refractivity contribution < 1.29 is 19.1 Å². The Kier molecular flexibility index (Phi) is 7.70. The van der Waals surface area contributed by atoms with E-state index >= 15 is 0 Å². The third-order valence-corrected chi connectivity index (χ3v) is 12.6. The van der Waals surface area contributed by atoms with E-state index in [0.717, 1.165) is 52.5 Å².